The number of guanidine groups is 1. The average molecular weight is 428 g/mol. The minimum absolute atomic E-state index is 0.565. The largest absolute Gasteiger partial charge is 0.384 e. The Kier molecular flexibility index (Phi) is 9.08. The van der Waals surface area contributed by atoms with E-state index >= 15 is 0 Å². The molecule has 4 aliphatic carbocycles. The van der Waals surface area contributed by atoms with Crippen LogP contribution >= 0.6 is 0 Å². The third-order valence-electron chi connectivity index (χ3n) is 9.06. The Labute approximate surface area is 193 Å². The van der Waals surface area contributed by atoms with Gasteiger partial charge in [-0.05, 0) is 37.3 Å². The van der Waals surface area contributed by atoms with Crippen LogP contribution in [0.2, 0.25) is 11.6 Å². The predicted molar refractivity (Wildman–Crippen MR) is 136 cm³/mol. The minimum atomic E-state index is 0.565. The number of aliphatic imine (C=N–C) groups is 1. The van der Waals surface area contributed by atoms with Crippen LogP contribution < -0.4 is 0 Å². The lowest BCUT2D eigenvalue weighted by Gasteiger charge is -2.49. The van der Waals surface area contributed by atoms with Gasteiger partial charge in [-0.3, -0.25) is 4.99 Å². The summed E-state index contributed by atoms with van der Waals surface area (Å²) in [7, 11) is 4.58. The zero-order valence-electron chi connectivity index (χ0n) is 20.9. The van der Waals surface area contributed by atoms with Crippen LogP contribution in [0.15, 0.2) is 4.99 Å². The molecular weight excluding hydrogens is 377 g/mol. The molecule has 4 rings (SSSR count). The van der Waals surface area contributed by atoms with Crippen LogP contribution in [-0.2, 0) is 0 Å². The second-order valence-corrected chi connectivity index (χ2v) is 11.6. The Hall–Kier alpha value is -0.665. The lowest BCUT2D eigenvalue weighted by Crippen LogP contribution is -2.59. The SMILES string of the molecule is CN(C)C(=NC1CCCCC1)N(B(C1CCCCC1)C1CCCCC1)C1CCCCC1. The minimum Gasteiger partial charge on any atom is -0.384 e. The predicted octanol–water partition coefficient (Wildman–Crippen LogP) is 7.53. The summed E-state index contributed by atoms with van der Waals surface area (Å²) in [5, 5.41) is 0. The summed E-state index contributed by atoms with van der Waals surface area (Å²) >= 11 is 0. The van der Waals surface area contributed by atoms with Crippen LogP contribution in [0.25, 0.3) is 0 Å². The Bertz CT molecular complexity index is 521. The third-order valence-corrected chi connectivity index (χ3v) is 9.06. The highest BCUT2D eigenvalue weighted by atomic mass is 15.3. The zero-order valence-corrected chi connectivity index (χ0v) is 20.9. The number of nitrogens with zero attached hydrogens (tertiary/aromatic N) is 3. The second-order valence-electron chi connectivity index (χ2n) is 11.6. The van der Waals surface area contributed by atoms with E-state index in [1.54, 1.807) is 0 Å². The molecule has 0 bridgehead atoms. The summed E-state index contributed by atoms with van der Waals surface area (Å²) in [6.07, 6.45) is 28.5. The molecule has 0 spiro atoms. The van der Waals surface area contributed by atoms with Crippen molar-refractivity contribution in [2.24, 2.45) is 4.99 Å². The molecule has 0 amide bonds. The molecule has 0 N–H and O–H groups in total. The average Bonchev–Trinajstić information content (AvgIpc) is 2.83. The van der Waals surface area contributed by atoms with E-state index in [4.69, 9.17) is 4.99 Å². The molecular formula is C27H50BN3. The molecule has 4 saturated carbocycles. The van der Waals surface area contributed by atoms with Crippen molar-refractivity contribution in [3.8, 4) is 0 Å². The van der Waals surface area contributed by atoms with Gasteiger partial charge in [-0.15, -0.1) is 0 Å². The van der Waals surface area contributed by atoms with Crippen LogP contribution in [0, 0.1) is 0 Å². The molecule has 0 aliphatic heterocycles. The molecule has 0 atom stereocenters. The van der Waals surface area contributed by atoms with Gasteiger partial charge in [0.2, 0.25) is 0 Å². The van der Waals surface area contributed by atoms with Gasteiger partial charge in [-0.25, -0.2) is 0 Å². The lowest BCUT2D eigenvalue weighted by molar-refractivity contribution is 0.287. The molecule has 31 heavy (non-hydrogen) atoms. The van der Waals surface area contributed by atoms with E-state index < -0.39 is 0 Å². The normalized spacial score (nSPS) is 26.1. The first-order valence-electron chi connectivity index (χ1n) is 14.3. The molecule has 0 aromatic heterocycles. The van der Waals surface area contributed by atoms with Crippen molar-refractivity contribution >= 4 is 12.8 Å². The molecule has 0 heterocycles. The van der Waals surface area contributed by atoms with Gasteiger partial charge in [0.1, 0.15) is 0 Å². The van der Waals surface area contributed by atoms with E-state index in [1.165, 1.54) is 134 Å². The Morgan fingerprint density at radius 2 is 1.00 bits per heavy atom. The quantitative estimate of drug-likeness (QED) is 0.256. The number of hydrogen-bond donors (Lipinski definition) is 0. The van der Waals surface area contributed by atoms with E-state index in [-0.39, 0.29) is 0 Å². The summed E-state index contributed by atoms with van der Waals surface area (Å²) in [5.74, 6) is 3.17. The number of rotatable bonds is 5. The maximum atomic E-state index is 5.59. The standard InChI is InChI=1S/C27H50BN3/c1-30(2)27(29-25-19-11-5-12-20-25)31(26-21-13-6-14-22-26)28(23-15-7-3-8-16-23)24-17-9-4-10-18-24/h23-26H,3-22H2,1-2H3. The highest BCUT2D eigenvalue weighted by Gasteiger charge is 2.44. The summed E-state index contributed by atoms with van der Waals surface area (Å²) in [6.45, 7) is 0.744. The van der Waals surface area contributed by atoms with E-state index in [0.717, 1.165) is 24.5 Å². The molecule has 0 radical (unpaired) electrons. The Balaban J connectivity index is 1.69. The van der Waals surface area contributed by atoms with Crippen LogP contribution in [0.3, 0.4) is 0 Å². The van der Waals surface area contributed by atoms with E-state index in [9.17, 15) is 0 Å². The molecule has 0 unspecified atom stereocenters. The molecule has 176 valence electrons. The van der Waals surface area contributed by atoms with Gasteiger partial charge in [0.15, 0.2) is 5.96 Å². The van der Waals surface area contributed by atoms with Crippen LogP contribution in [0.1, 0.15) is 128 Å². The Morgan fingerprint density at radius 1 is 0.581 bits per heavy atom. The van der Waals surface area contributed by atoms with Crippen molar-refractivity contribution in [1.29, 1.82) is 0 Å². The fourth-order valence-corrected chi connectivity index (χ4v) is 7.48. The van der Waals surface area contributed by atoms with Gasteiger partial charge in [-0.1, -0.05) is 103 Å². The summed E-state index contributed by atoms with van der Waals surface area (Å²) in [5.41, 5.74) is 0. The van der Waals surface area contributed by atoms with Gasteiger partial charge in [0.05, 0.1) is 6.04 Å². The highest BCUT2D eigenvalue weighted by Crippen LogP contribution is 2.44. The zero-order chi connectivity index (χ0) is 21.5. The van der Waals surface area contributed by atoms with E-state index in [0.29, 0.717) is 6.04 Å². The first-order valence-corrected chi connectivity index (χ1v) is 14.3. The van der Waals surface area contributed by atoms with Crippen molar-refractivity contribution in [3.63, 3.8) is 0 Å². The number of hydrogen-bond acceptors (Lipinski definition) is 1. The van der Waals surface area contributed by atoms with Crippen molar-refractivity contribution in [2.45, 2.75) is 152 Å². The van der Waals surface area contributed by atoms with Gasteiger partial charge in [0, 0.05) is 20.1 Å². The topological polar surface area (TPSA) is 18.8 Å². The lowest BCUT2D eigenvalue weighted by atomic mass is 9.36. The Morgan fingerprint density at radius 3 is 1.45 bits per heavy atom. The van der Waals surface area contributed by atoms with Gasteiger partial charge in [-0.2, -0.15) is 0 Å². The summed E-state index contributed by atoms with van der Waals surface area (Å²) in [4.78, 5) is 11.0. The summed E-state index contributed by atoms with van der Waals surface area (Å²) in [6, 6.07) is 1.29. The van der Waals surface area contributed by atoms with Crippen molar-refractivity contribution in [2.75, 3.05) is 14.1 Å². The molecule has 4 fully saturated rings. The maximum Gasteiger partial charge on any atom is 0.264 e. The smallest absolute Gasteiger partial charge is 0.264 e. The van der Waals surface area contributed by atoms with Gasteiger partial charge < -0.3 is 9.71 Å². The van der Waals surface area contributed by atoms with E-state index in [2.05, 4.69) is 23.8 Å². The van der Waals surface area contributed by atoms with Gasteiger partial charge >= 0.3 is 0 Å². The molecule has 3 nitrogen and oxygen atoms in total. The first kappa shape index (κ1) is 23.5. The van der Waals surface area contributed by atoms with Crippen LogP contribution in [-0.4, -0.2) is 48.7 Å². The monoisotopic (exact) mass is 427 g/mol. The van der Waals surface area contributed by atoms with E-state index in [1.807, 2.05) is 0 Å². The van der Waals surface area contributed by atoms with Crippen LogP contribution in [0.5, 0.6) is 0 Å². The fourth-order valence-electron chi connectivity index (χ4n) is 7.48. The van der Waals surface area contributed by atoms with Crippen molar-refractivity contribution in [1.82, 2.24) is 9.71 Å². The molecule has 4 aliphatic rings. The van der Waals surface area contributed by atoms with Gasteiger partial charge in [0.25, 0.3) is 6.85 Å². The van der Waals surface area contributed by atoms with Crippen LogP contribution in [0.4, 0.5) is 0 Å². The maximum absolute atomic E-state index is 5.59. The molecule has 0 saturated heterocycles. The van der Waals surface area contributed by atoms with Crippen molar-refractivity contribution in [3.05, 3.63) is 0 Å². The highest BCUT2D eigenvalue weighted by molar-refractivity contribution is 6.62. The molecule has 4 heteroatoms. The van der Waals surface area contributed by atoms with Crippen molar-refractivity contribution < 1.29 is 0 Å². The summed E-state index contributed by atoms with van der Waals surface area (Å²) < 4.78 is 0. The first-order chi connectivity index (χ1) is 15.2. The second kappa shape index (κ2) is 12.0. The molecule has 0 aromatic rings. The fraction of sp³-hybridized carbons (Fsp3) is 0.963. The molecule has 0 aromatic carbocycles. The third kappa shape index (κ3) is 6.23.